The number of aliphatic carboxylic acids is 1. The summed E-state index contributed by atoms with van der Waals surface area (Å²) >= 11 is 0. The molecule has 0 aliphatic carbocycles. The highest BCUT2D eigenvalue weighted by Crippen LogP contribution is 2.13. The van der Waals surface area contributed by atoms with Crippen molar-refractivity contribution in [3.8, 4) is 0 Å². The number of carboxylic acid groups (broad SMARTS) is 1. The Hall–Kier alpha value is -0.660. The van der Waals surface area contributed by atoms with Crippen molar-refractivity contribution in [3.63, 3.8) is 0 Å². The molecule has 88 valence electrons. The normalized spacial score (nSPS) is 23.1. The Kier molecular flexibility index (Phi) is 4.06. The van der Waals surface area contributed by atoms with Crippen LogP contribution >= 0.6 is 0 Å². The van der Waals surface area contributed by atoms with Crippen LogP contribution in [0.25, 0.3) is 0 Å². The average molecular weight is 236 g/mol. The molecule has 0 amide bonds. The van der Waals surface area contributed by atoms with Gasteiger partial charge in [-0.05, 0) is 12.8 Å². The van der Waals surface area contributed by atoms with Crippen LogP contribution in [-0.4, -0.2) is 48.7 Å². The molecule has 1 aliphatic rings. The molecule has 0 aromatic carbocycles. The van der Waals surface area contributed by atoms with Crippen molar-refractivity contribution in [1.82, 2.24) is 4.31 Å². The molecule has 7 heteroatoms. The van der Waals surface area contributed by atoms with E-state index in [-0.39, 0.29) is 24.6 Å². The molecule has 0 bridgehead atoms. The van der Waals surface area contributed by atoms with Crippen molar-refractivity contribution in [2.75, 3.05) is 18.8 Å². The van der Waals surface area contributed by atoms with Crippen LogP contribution < -0.4 is 5.73 Å². The first kappa shape index (κ1) is 12.4. The summed E-state index contributed by atoms with van der Waals surface area (Å²) < 4.78 is 24.6. The molecule has 1 saturated heterocycles. The predicted molar refractivity (Wildman–Crippen MR) is 54.8 cm³/mol. The number of hydrogen-bond donors (Lipinski definition) is 2. The number of nitrogens with zero attached hydrogens (tertiary/aromatic N) is 1. The van der Waals surface area contributed by atoms with Crippen molar-refractivity contribution in [2.45, 2.75) is 25.3 Å². The third-order valence-electron chi connectivity index (χ3n) is 2.37. The van der Waals surface area contributed by atoms with E-state index < -0.39 is 16.0 Å². The largest absolute Gasteiger partial charge is 0.481 e. The van der Waals surface area contributed by atoms with E-state index in [4.69, 9.17) is 10.8 Å². The lowest BCUT2D eigenvalue weighted by atomic mass is 10.3. The fraction of sp³-hybridized carbons (Fsp3) is 0.875. The van der Waals surface area contributed by atoms with Crippen LogP contribution in [0.1, 0.15) is 19.3 Å². The fourth-order valence-electron chi connectivity index (χ4n) is 1.54. The van der Waals surface area contributed by atoms with Crippen LogP contribution in [-0.2, 0) is 14.8 Å². The number of hydrogen-bond acceptors (Lipinski definition) is 4. The zero-order chi connectivity index (χ0) is 11.5. The smallest absolute Gasteiger partial charge is 0.303 e. The van der Waals surface area contributed by atoms with E-state index in [1.807, 2.05) is 0 Å². The molecule has 1 rings (SSSR count). The molecule has 6 nitrogen and oxygen atoms in total. The van der Waals surface area contributed by atoms with Gasteiger partial charge in [-0.15, -0.1) is 0 Å². The maximum absolute atomic E-state index is 11.6. The van der Waals surface area contributed by atoms with Gasteiger partial charge in [-0.3, -0.25) is 4.79 Å². The third-order valence-corrected chi connectivity index (χ3v) is 4.30. The first-order chi connectivity index (χ1) is 6.92. The molecule has 1 atom stereocenters. The van der Waals surface area contributed by atoms with E-state index >= 15 is 0 Å². The molecule has 0 aromatic heterocycles. The number of nitrogens with two attached hydrogens (primary N) is 1. The Labute approximate surface area is 89.1 Å². The lowest BCUT2D eigenvalue weighted by Crippen LogP contribution is -2.33. The van der Waals surface area contributed by atoms with Crippen LogP contribution in [0.4, 0.5) is 0 Å². The summed E-state index contributed by atoms with van der Waals surface area (Å²) in [4.78, 5) is 10.2. The van der Waals surface area contributed by atoms with Gasteiger partial charge in [0.1, 0.15) is 0 Å². The van der Waals surface area contributed by atoms with Gasteiger partial charge in [0.15, 0.2) is 0 Å². The standard InChI is InChI=1S/C8H16N2O4S/c9-7-3-4-10(6-7)15(13,14)5-1-2-8(11)12/h7H,1-6,9H2,(H,11,12)/t7-/m1/s1. The Balaban J connectivity index is 2.42. The van der Waals surface area contributed by atoms with Crippen molar-refractivity contribution >= 4 is 16.0 Å². The first-order valence-electron chi connectivity index (χ1n) is 4.87. The zero-order valence-corrected chi connectivity index (χ0v) is 9.24. The maximum Gasteiger partial charge on any atom is 0.303 e. The number of carboxylic acids is 1. The summed E-state index contributed by atoms with van der Waals surface area (Å²) in [6, 6.07) is -0.0840. The minimum absolute atomic E-state index is 0.0840. The number of sulfonamides is 1. The van der Waals surface area contributed by atoms with E-state index in [9.17, 15) is 13.2 Å². The zero-order valence-electron chi connectivity index (χ0n) is 8.42. The second-order valence-electron chi connectivity index (χ2n) is 3.72. The van der Waals surface area contributed by atoms with Crippen LogP contribution in [0.3, 0.4) is 0 Å². The highest BCUT2D eigenvalue weighted by molar-refractivity contribution is 7.89. The summed E-state index contributed by atoms with van der Waals surface area (Å²) in [5, 5.41) is 8.39. The minimum atomic E-state index is -3.30. The van der Waals surface area contributed by atoms with Crippen LogP contribution in [0.15, 0.2) is 0 Å². The van der Waals surface area contributed by atoms with Crippen molar-refractivity contribution in [3.05, 3.63) is 0 Å². The lowest BCUT2D eigenvalue weighted by Gasteiger charge is -2.15. The molecular weight excluding hydrogens is 220 g/mol. The van der Waals surface area contributed by atoms with Crippen LogP contribution in [0, 0.1) is 0 Å². The van der Waals surface area contributed by atoms with Gasteiger partial charge in [0.05, 0.1) is 5.75 Å². The summed E-state index contributed by atoms with van der Waals surface area (Å²) in [5.41, 5.74) is 5.60. The molecule has 0 aromatic rings. The Bertz CT molecular complexity index is 328. The summed E-state index contributed by atoms with van der Waals surface area (Å²) in [6.45, 7) is 0.811. The molecule has 15 heavy (non-hydrogen) atoms. The summed E-state index contributed by atoms with van der Waals surface area (Å²) in [6.07, 6.45) is 0.723. The fourth-order valence-corrected chi connectivity index (χ4v) is 3.11. The lowest BCUT2D eigenvalue weighted by molar-refractivity contribution is -0.137. The van der Waals surface area contributed by atoms with E-state index in [2.05, 4.69) is 0 Å². The van der Waals surface area contributed by atoms with Gasteiger partial charge in [0, 0.05) is 25.6 Å². The van der Waals surface area contributed by atoms with Gasteiger partial charge in [-0.1, -0.05) is 0 Å². The van der Waals surface area contributed by atoms with Crippen molar-refractivity contribution in [1.29, 1.82) is 0 Å². The van der Waals surface area contributed by atoms with Crippen molar-refractivity contribution < 1.29 is 18.3 Å². The Morgan fingerprint density at radius 3 is 2.67 bits per heavy atom. The van der Waals surface area contributed by atoms with Gasteiger partial charge in [-0.25, -0.2) is 12.7 Å². The van der Waals surface area contributed by atoms with Crippen LogP contribution in [0.2, 0.25) is 0 Å². The van der Waals surface area contributed by atoms with Gasteiger partial charge in [-0.2, -0.15) is 0 Å². The average Bonchev–Trinajstić information content (AvgIpc) is 2.51. The molecule has 0 unspecified atom stereocenters. The van der Waals surface area contributed by atoms with E-state index in [0.29, 0.717) is 19.5 Å². The van der Waals surface area contributed by atoms with Gasteiger partial charge in [0.25, 0.3) is 0 Å². The molecule has 0 saturated carbocycles. The molecule has 1 heterocycles. The third kappa shape index (κ3) is 3.77. The van der Waals surface area contributed by atoms with E-state index in [1.165, 1.54) is 4.31 Å². The number of carbonyl (C=O) groups is 1. The number of rotatable bonds is 5. The van der Waals surface area contributed by atoms with Gasteiger partial charge < -0.3 is 10.8 Å². The minimum Gasteiger partial charge on any atom is -0.481 e. The highest BCUT2D eigenvalue weighted by atomic mass is 32.2. The predicted octanol–water partition coefficient (Wildman–Crippen LogP) is -0.786. The summed E-state index contributed by atoms with van der Waals surface area (Å²) in [7, 11) is -3.30. The molecule has 0 radical (unpaired) electrons. The maximum atomic E-state index is 11.6. The summed E-state index contributed by atoms with van der Waals surface area (Å²) in [5.74, 6) is -1.07. The molecule has 0 spiro atoms. The van der Waals surface area contributed by atoms with E-state index in [0.717, 1.165) is 0 Å². The SMILES string of the molecule is N[C@@H]1CCN(S(=O)(=O)CCCC(=O)O)C1. The second-order valence-corrected chi connectivity index (χ2v) is 5.81. The topological polar surface area (TPSA) is 101 Å². The van der Waals surface area contributed by atoms with Gasteiger partial charge >= 0.3 is 5.97 Å². The highest BCUT2D eigenvalue weighted by Gasteiger charge is 2.28. The molecular formula is C8H16N2O4S. The molecule has 3 N–H and O–H groups in total. The van der Waals surface area contributed by atoms with Gasteiger partial charge in [0.2, 0.25) is 10.0 Å². The Morgan fingerprint density at radius 1 is 1.53 bits per heavy atom. The van der Waals surface area contributed by atoms with E-state index in [1.54, 1.807) is 0 Å². The quantitative estimate of drug-likeness (QED) is 0.651. The van der Waals surface area contributed by atoms with Crippen molar-refractivity contribution in [2.24, 2.45) is 5.73 Å². The molecule has 1 fully saturated rings. The molecule has 1 aliphatic heterocycles. The first-order valence-corrected chi connectivity index (χ1v) is 6.48. The van der Waals surface area contributed by atoms with Crippen LogP contribution in [0.5, 0.6) is 0 Å². The monoisotopic (exact) mass is 236 g/mol. The Morgan fingerprint density at radius 2 is 2.20 bits per heavy atom. The second kappa shape index (κ2) is 4.91.